The molecule has 0 unspecified atom stereocenters. The molecule has 0 saturated heterocycles. The second-order valence-electron chi connectivity index (χ2n) is 2.58. The first kappa shape index (κ1) is 17.3. The second-order valence-corrected chi connectivity index (χ2v) is 2.84. The zero-order valence-corrected chi connectivity index (χ0v) is 9.83. The fourth-order valence-corrected chi connectivity index (χ4v) is 0.577. The average Bonchev–Trinajstić information content (AvgIpc) is 2.27. The van der Waals surface area contributed by atoms with Crippen molar-refractivity contribution in [3.05, 3.63) is 0 Å². The van der Waals surface area contributed by atoms with Crippen molar-refractivity contribution in [1.29, 1.82) is 0 Å². The van der Waals surface area contributed by atoms with E-state index in [1.165, 1.54) is 0 Å². The SMILES string of the molecule is CCOC(=O)CCC(=O)CN.O=C(O)CCl. The Kier molecular flexibility index (Phi) is 12.9. The summed E-state index contributed by atoms with van der Waals surface area (Å²) in [5.41, 5.74) is 5.03. The fourth-order valence-electron chi connectivity index (χ4n) is 0.577. The number of rotatable bonds is 6. The zero-order valence-electron chi connectivity index (χ0n) is 9.07. The molecule has 0 aromatic rings. The topological polar surface area (TPSA) is 107 Å². The van der Waals surface area contributed by atoms with E-state index < -0.39 is 5.97 Å². The van der Waals surface area contributed by atoms with Crippen LogP contribution in [0, 0.1) is 0 Å². The van der Waals surface area contributed by atoms with Gasteiger partial charge in [-0.05, 0) is 6.92 Å². The summed E-state index contributed by atoms with van der Waals surface area (Å²) in [6, 6.07) is 0. The summed E-state index contributed by atoms with van der Waals surface area (Å²) in [4.78, 5) is 30.5. The molecule has 0 radical (unpaired) electrons. The Bertz CT molecular complexity index is 232. The molecular weight excluding hydrogens is 238 g/mol. The molecular formula is C9H16ClNO5. The fraction of sp³-hybridized carbons (Fsp3) is 0.667. The van der Waals surface area contributed by atoms with Crippen LogP contribution in [0.1, 0.15) is 19.8 Å². The molecule has 0 aromatic heterocycles. The minimum atomic E-state index is -0.980. The third-order valence-corrected chi connectivity index (χ3v) is 1.48. The van der Waals surface area contributed by atoms with Gasteiger partial charge in [-0.1, -0.05) is 0 Å². The van der Waals surface area contributed by atoms with E-state index in [-0.39, 0.29) is 37.0 Å². The zero-order chi connectivity index (χ0) is 13.0. The van der Waals surface area contributed by atoms with Gasteiger partial charge in [-0.25, -0.2) is 0 Å². The van der Waals surface area contributed by atoms with E-state index in [9.17, 15) is 14.4 Å². The Hall–Kier alpha value is -1.14. The summed E-state index contributed by atoms with van der Waals surface area (Å²) < 4.78 is 4.60. The van der Waals surface area contributed by atoms with E-state index >= 15 is 0 Å². The van der Waals surface area contributed by atoms with Crippen molar-refractivity contribution in [1.82, 2.24) is 0 Å². The Labute approximate surface area is 98.7 Å². The third kappa shape index (κ3) is 15.3. The highest BCUT2D eigenvalue weighted by atomic mass is 35.5. The molecule has 3 N–H and O–H groups in total. The lowest BCUT2D eigenvalue weighted by Crippen LogP contribution is -2.15. The molecule has 0 spiro atoms. The number of hydrogen-bond donors (Lipinski definition) is 2. The minimum Gasteiger partial charge on any atom is -0.480 e. The molecule has 0 aliphatic carbocycles. The normalized spacial score (nSPS) is 8.69. The van der Waals surface area contributed by atoms with Crippen molar-refractivity contribution in [2.45, 2.75) is 19.8 Å². The van der Waals surface area contributed by atoms with Crippen LogP contribution in [0.5, 0.6) is 0 Å². The van der Waals surface area contributed by atoms with Gasteiger partial charge in [0.05, 0.1) is 19.6 Å². The summed E-state index contributed by atoms with van der Waals surface area (Å²) in [5, 5.41) is 7.59. The molecule has 0 atom stereocenters. The molecule has 7 heteroatoms. The quantitative estimate of drug-likeness (QED) is 0.516. The van der Waals surface area contributed by atoms with E-state index in [0.717, 1.165) is 0 Å². The van der Waals surface area contributed by atoms with E-state index in [1.54, 1.807) is 6.92 Å². The van der Waals surface area contributed by atoms with E-state index in [4.69, 9.17) is 22.4 Å². The predicted molar refractivity (Wildman–Crippen MR) is 58.3 cm³/mol. The van der Waals surface area contributed by atoms with Gasteiger partial charge in [0.2, 0.25) is 0 Å². The standard InChI is InChI=1S/C7H13NO3.C2H3ClO2/c1-2-11-7(10)4-3-6(9)5-8;3-1-2(4)5/h2-5,8H2,1H3;1H2,(H,4,5). The summed E-state index contributed by atoms with van der Waals surface area (Å²) in [5.74, 6) is -1.74. The van der Waals surface area contributed by atoms with Gasteiger partial charge in [0.25, 0.3) is 0 Å². The predicted octanol–water partition coefficient (Wildman–Crippen LogP) is 0.167. The third-order valence-electron chi connectivity index (χ3n) is 1.26. The van der Waals surface area contributed by atoms with Crippen molar-refractivity contribution in [2.24, 2.45) is 5.73 Å². The highest BCUT2D eigenvalue weighted by Gasteiger charge is 2.04. The van der Waals surface area contributed by atoms with Crippen molar-refractivity contribution in [2.75, 3.05) is 19.0 Å². The van der Waals surface area contributed by atoms with Crippen LogP contribution in [0.15, 0.2) is 0 Å². The Balaban J connectivity index is 0. The smallest absolute Gasteiger partial charge is 0.318 e. The van der Waals surface area contributed by atoms with Gasteiger partial charge in [-0.2, -0.15) is 0 Å². The first-order valence-corrected chi connectivity index (χ1v) is 5.16. The molecule has 0 aliphatic rings. The first-order valence-electron chi connectivity index (χ1n) is 4.63. The van der Waals surface area contributed by atoms with Crippen LogP contribution in [-0.2, 0) is 19.1 Å². The Morgan fingerprint density at radius 2 is 1.81 bits per heavy atom. The number of carboxylic acids is 1. The van der Waals surface area contributed by atoms with Crippen molar-refractivity contribution >= 4 is 29.3 Å². The molecule has 0 aliphatic heterocycles. The van der Waals surface area contributed by atoms with Gasteiger partial charge in [-0.3, -0.25) is 14.4 Å². The molecule has 0 saturated carbocycles. The average molecular weight is 254 g/mol. The molecule has 0 bridgehead atoms. The number of esters is 1. The maximum Gasteiger partial charge on any atom is 0.318 e. The van der Waals surface area contributed by atoms with Crippen LogP contribution in [0.2, 0.25) is 0 Å². The van der Waals surface area contributed by atoms with Crippen LogP contribution in [0.3, 0.4) is 0 Å². The maximum atomic E-state index is 10.6. The number of halogens is 1. The van der Waals surface area contributed by atoms with Crippen molar-refractivity contribution < 1.29 is 24.2 Å². The number of carbonyl (C=O) groups excluding carboxylic acids is 2. The number of Topliss-reactive ketones (excluding diaryl/α,β-unsaturated/α-hetero) is 1. The summed E-state index contributed by atoms with van der Waals surface area (Å²) in [6.07, 6.45) is 0.333. The van der Waals surface area contributed by atoms with Crippen LogP contribution in [-0.4, -0.2) is 41.9 Å². The molecule has 0 amide bonds. The lowest BCUT2D eigenvalue weighted by Gasteiger charge is -1.99. The highest BCUT2D eigenvalue weighted by molar-refractivity contribution is 6.26. The number of ether oxygens (including phenoxy) is 1. The molecule has 94 valence electrons. The molecule has 0 rings (SSSR count). The summed E-state index contributed by atoms with van der Waals surface area (Å²) >= 11 is 4.74. The molecule has 6 nitrogen and oxygen atoms in total. The number of alkyl halides is 1. The van der Waals surface area contributed by atoms with Gasteiger partial charge in [0.1, 0.15) is 11.7 Å². The van der Waals surface area contributed by atoms with Gasteiger partial charge in [-0.15, -0.1) is 11.6 Å². The van der Waals surface area contributed by atoms with Crippen molar-refractivity contribution in [3.63, 3.8) is 0 Å². The number of carbonyl (C=O) groups is 3. The van der Waals surface area contributed by atoms with E-state index in [2.05, 4.69) is 4.74 Å². The number of nitrogens with two attached hydrogens (primary N) is 1. The lowest BCUT2D eigenvalue weighted by atomic mass is 10.2. The Morgan fingerprint density at radius 1 is 1.31 bits per heavy atom. The van der Waals surface area contributed by atoms with E-state index in [0.29, 0.717) is 6.61 Å². The number of carboxylic acid groups (broad SMARTS) is 1. The second kappa shape index (κ2) is 11.9. The maximum absolute atomic E-state index is 10.6. The van der Waals surface area contributed by atoms with Gasteiger partial charge >= 0.3 is 11.9 Å². The molecule has 0 heterocycles. The molecule has 0 aromatic carbocycles. The van der Waals surface area contributed by atoms with Crippen LogP contribution >= 0.6 is 11.6 Å². The lowest BCUT2D eigenvalue weighted by molar-refractivity contribution is -0.144. The summed E-state index contributed by atoms with van der Waals surface area (Å²) in [7, 11) is 0. The van der Waals surface area contributed by atoms with Gasteiger partial charge in [0, 0.05) is 6.42 Å². The molecule has 16 heavy (non-hydrogen) atoms. The summed E-state index contributed by atoms with van der Waals surface area (Å²) in [6.45, 7) is 2.08. The largest absolute Gasteiger partial charge is 0.480 e. The first-order chi connectivity index (χ1) is 7.47. The number of aliphatic carboxylic acids is 1. The van der Waals surface area contributed by atoms with Crippen LogP contribution < -0.4 is 5.73 Å². The minimum absolute atomic E-state index is 0.000590. The van der Waals surface area contributed by atoms with Crippen LogP contribution in [0.4, 0.5) is 0 Å². The molecule has 0 fully saturated rings. The monoisotopic (exact) mass is 253 g/mol. The highest BCUT2D eigenvalue weighted by Crippen LogP contribution is 1.92. The van der Waals surface area contributed by atoms with Gasteiger partial charge < -0.3 is 15.6 Å². The van der Waals surface area contributed by atoms with Gasteiger partial charge in [0.15, 0.2) is 0 Å². The number of hydrogen-bond acceptors (Lipinski definition) is 5. The van der Waals surface area contributed by atoms with Crippen LogP contribution in [0.25, 0.3) is 0 Å². The van der Waals surface area contributed by atoms with Crippen molar-refractivity contribution in [3.8, 4) is 0 Å². The number of ketones is 1. The Morgan fingerprint density at radius 3 is 2.12 bits per heavy atom. The van der Waals surface area contributed by atoms with E-state index in [1.807, 2.05) is 0 Å².